The largest absolute Gasteiger partial charge is 0.455 e. The minimum Gasteiger partial charge on any atom is -0.455 e. The highest BCUT2D eigenvalue weighted by atomic mass is 16.6. The number of rotatable bonds is 4. The van der Waals surface area contributed by atoms with Crippen molar-refractivity contribution in [2.24, 2.45) is 7.05 Å². The number of nitrogens with zero attached hydrogens (tertiary/aromatic N) is 1. The molecule has 0 aliphatic heterocycles. The molecule has 20 heavy (non-hydrogen) atoms. The van der Waals surface area contributed by atoms with E-state index in [1.807, 2.05) is 6.92 Å². The van der Waals surface area contributed by atoms with E-state index in [9.17, 15) is 14.4 Å². The lowest BCUT2D eigenvalue weighted by atomic mass is 10.0. The van der Waals surface area contributed by atoms with Crippen molar-refractivity contribution in [3.05, 3.63) is 22.5 Å². The minimum atomic E-state index is -0.635. The molecule has 5 nitrogen and oxygen atoms in total. The summed E-state index contributed by atoms with van der Waals surface area (Å²) in [6, 6.07) is 0. The maximum Gasteiger partial charge on any atom is 0.355 e. The van der Waals surface area contributed by atoms with Crippen LogP contribution in [0.5, 0.6) is 0 Å². The van der Waals surface area contributed by atoms with Gasteiger partial charge in [-0.3, -0.25) is 9.59 Å². The lowest BCUT2D eigenvalue weighted by molar-refractivity contribution is 0.00577. The van der Waals surface area contributed by atoms with Crippen LogP contribution in [0.2, 0.25) is 0 Å². The highest BCUT2D eigenvalue weighted by Crippen LogP contribution is 2.25. The molecule has 1 aromatic rings. The van der Waals surface area contributed by atoms with Crippen LogP contribution in [0, 0.1) is 0 Å². The van der Waals surface area contributed by atoms with E-state index >= 15 is 0 Å². The van der Waals surface area contributed by atoms with Gasteiger partial charge in [-0.1, -0.05) is 6.92 Å². The Labute approximate surface area is 118 Å². The number of hydrogen-bond donors (Lipinski definition) is 0. The molecule has 0 N–H and O–H groups in total. The van der Waals surface area contributed by atoms with Crippen molar-refractivity contribution in [1.29, 1.82) is 0 Å². The number of carbonyl (C=O) groups is 3. The molecule has 0 bridgehead atoms. The molecule has 0 unspecified atom stereocenters. The normalized spacial score (nSPS) is 11.3. The fourth-order valence-corrected chi connectivity index (χ4v) is 2.23. The van der Waals surface area contributed by atoms with E-state index in [0.29, 0.717) is 23.8 Å². The molecule has 0 atom stereocenters. The van der Waals surface area contributed by atoms with Gasteiger partial charge in [-0.25, -0.2) is 4.79 Å². The number of aldehydes is 1. The van der Waals surface area contributed by atoms with Gasteiger partial charge in [0.05, 0.1) is 5.69 Å². The predicted octanol–water partition coefficient (Wildman–Crippen LogP) is 2.56. The number of esters is 1. The summed E-state index contributed by atoms with van der Waals surface area (Å²) >= 11 is 0. The van der Waals surface area contributed by atoms with Crippen molar-refractivity contribution >= 4 is 18.0 Å². The second-order valence-corrected chi connectivity index (χ2v) is 5.68. The molecule has 1 aromatic heterocycles. The van der Waals surface area contributed by atoms with E-state index in [0.717, 1.165) is 0 Å². The summed E-state index contributed by atoms with van der Waals surface area (Å²) in [6.07, 6.45) is 1.08. The lowest BCUT2D eigenvalue weighted by Gasteiger charge is -2.20. The molecule has 0 radical (unpaired) electrons. The molecule has 0 spiro atoms. The summed E-state index contributed by atoms with van der Waals surface area (Å²) in [5.74, 6) is -0.748. The summed E-state index contributed by atoms with van der Waals surface area (Å²) < 4.78 is 6.79. The molecule has 1 rings (SSSR count). The first-order chi connectivity index (χ1) is 9.14. The fraction of sp³-hybridized carbons (Fsp3) is 0.533. The topological polar surface area (TPSA) is 65.4 Å². The summed E-state index contributed by atoms with van der Waals surface area (Å²) in [4.78, 5) is 35.3. The maximum absolute atomic E-state index is 12.3. The minimum absolute atomic E-state index is 0.218. The smallest absolute Gasteiger partial charge is 0.355 e. The molecular formula is C15H21NO4. The molecule has 110 valence electrons. The average Bonchev–Trinajstić information content (AvgIpc) is 2.58. The zero-order valence-electron chi connectivity index (χ0n) is 12.9. The molecule has 5 heteroatoms. The van der Waals surface area contributed by atoms with Crippen LogP contribution in [0.15, 0.2) is 0 Å². The average molecular weight is 279 g/mol. The highest BCUT2D eigenvalue weighted by Gasteiger charge is 2.29. The zero-order valence-corrected chi connectivity index (χ0v) is 12.9. The number of ether oxygens (including phenoxy) is 1. The number of aromatic nitrogens is 1. The van der Waals surface area contributed by atoms with E-state index in [1.54, 1.807) is 27.8 Å². The van der Waals surface area contributed by atoms with E-state index in [2.05, 4.69) is 0 Å². The summed E-state index contributed by atoms with van der Waals surface area (Å²) in [7, 11) is 1.59. The van der Waals surface area contributed by atoms with Crippen molar-refractivity contribution in [3.8, 4) is 0 Å². The van der Waals surface area contributed by atoms with Crippen LogP contribution in [-0.2, 0) is 18.2 Å². The van der Waals surface area contributed by atoms with Gasteiger partial charge in [0.15, 0.2) is 12.1 Å². The van der Waals surface area contributed by atoms with E-state index in [1.165, 1.54) is 11.5 Å². The van der Waals surface area contributed by atoms with Gasteiger partial charge in [0, 0.05) is 12.6 Å². The van der Waals surface area contributed by atoms with Gasteiger partial charge in [-0.2, -0.15) is 0 Å². The lowest BCUT2D eigenvalue weighted by Crippen LogP contribution is -2.26. The second kappa shape index (κ2) is 5.61. The van der Waals surface area contributed by atoms with Crippen molar-refractivity contribution in [2.45, 2.75) is 46.6 Å². The molecule has 0 fully saturated rings. The first kappa shape index (κ1) is 16.1. The maximum atomic E-state index is 12.3. The molecule has 1 heterocycles. The van der Waals surface area contributed by atoms with Crippen LogP contribution in [0.25, 0.3) is 0 Å². The van der Waals surface area contributed by atoms with Crippen molar-refractivity contribution in [3.63, 3.8) is 0 Å². The van der Waals surface area contributed by atoms with Crippen molar-refractivity contribution in [2.75, 3.05) is 0 Å². The Morgan fingerprint density at radius 2 is 1.85 bits per heavy atom. The fourth-order valence-electron chi connectivity index (χ4n) is 2.23. The second-order valence-electron chi connectivity index (χ2n) is 5.68. The van der Waals surface area contributed by atoms with Crippen molar-refractivity contribution in [1.82, 2.24) is 4.57 Å². The van der Waals surface area contributed by atoms with Gasteiger partial charge in [-0.05, 0) is 39.7 Å². The van der Waals surface area contributed by atoms with Crippen molar-refractivity contribution < 1.29 is 19.1 Å². The van der Waals surface area contributed by atoms with Gasteiger partial charge in [0.1, 0.15) is 11.3 Å². The van der Waals surface area contributed by atoms with E-state index in [4.69, 9.17) is 4.74 Å². The van der Waals surface area contributed by atoms with Gasteiger partial charge in [0.25, 0.3) is 0 Å². The molecule has 0 amide bonds. The highest BCUT2D eigenvalue weighted by molar-refractivity contribution is 6.06. The summed E-state index contributed by atoms with van der Waals surface area (Å²) in [5.41, 5.74) is 0.733. The van der Waals surface area contributed by atoms with Gasteiger partial charge < -0.3 is 9.30 Å². The molecule has 0 saturated heterocycles. The predicted molar refractivity (Wildman–Crippen MR) is 75.4 cm³/mol. The Kier molecular flexibility index (Phi) is 4.53. The van der Waals surface area contributed by atoms with Crippen LogP contribution >= 0.6 is 0 Å². The molecular weight excluding hydrogens is 258 g/mol. The standard InChI is InChI=1S/C15H21NO4/c1-7-10-12(9(2)18)11(8-17)16(6)13(10)14(19)20-15(3,4)5/h8H,7H2,1-6H3. The SMILES string of the molecule is CCc1c(C(C)=O)c(C=O)n(C)c1C(=O)OC(C)(C)C. The van der Waals surface area contributed by atoms with Crippen LogP contribution in [0.1, 0.15) is 71.5 Å². The van der Waals surface area contributed by atoms with Gasteiger partial charge in [0.2, 0.25) is 0 Å². The molecule has 0 aliphatic rings. The van der Waals surface area contributed by atoms with Crippen LogP contribution in [0.4, 0.5) is 0 Å². The molecule has 0 aliphatic carbocycles. The Bertz CT molecular complexity index is 561. The monoisotopic (exact) mass is 279 g/mol. The molecule has 0 aromatic carbocycles. The van der Waals surface area contributed by atoms with Gasteiger partial charge >= 0.3 is 5.97 Å². The number of hydrogen-bond acceptors (Lipinski definition) is 4. The van der Waals surface area contributed by atoms with Gasteiger partial charge in [-0.15, -0.1) is 0 Å². The third-order valence-corrected chi connectivity index (χ3v) is 2.95. The Morgan fingerprint density at radius 3 is 2.20 bits per heavy atom. The Balaban J connectivity index is 3.51. The first-order valence-electron chi connectivity index (χ1n) is 6.55. The Hall–Kier alpha value is -1.91. The van der Waals surface area contributed by atoms with E-state index in [-0.39, 0.29) is 17.2 Å². The van der Waals surface area contributed by atoms with Crippen LogP contribution < -0.4 is 0 Å². The third kappa shape index (κ3) is 2.98. The number of ketones is 1. The van der Waals surface area contributed by atoms with Crippen LogP contribution in [0.3, 0.4) is 0 Å². The molecule has 0 saturated carbocycles. The number of carbonyl (C=O) groups excluding carboxylic acids is 3. The summed E-state index contributed by atoms with van der Waals surface area (Å²) in [6.45, 7) is 8.54. The quantitative estimate of drug-likeness (QED) is 0.482. The summed E-state index contributed by atoms with van der Waals surface area (Å²) in [5, 5.41) is 0. The van der Waals surface area contributed by atoms with E-state index < -0.39 is 11.6 Å². The van der Waals surface area contributed by atoms with Crippen LogP contribution in [-0.4, -0.2) is 28.2 Å². The zero-order chi connectivity index (χ0) is 15.7. The third-order valence-electron chi connectivity index (χ3n) is 2.95. The number of Topliss-reactive ketones (excluding diaryl/α,β-unsaturated/α-hetero) is 1. The first-order valence-corrected chi connectivity index (χ1v) is 6.55. The Morgan fingerprint density at radius 1 is 1.30 bits per heavy atom.